The van der Waals surface area contributed by atoms with E-state index in [1.54, 1.807) is 13.8 Å². The highest BCUT2D eigenvalue weighted by atomic mass is 16.1. The predicted octanol–water partition coefficient (Wildman–Crippen LogP) is -1.20. The number of carbonyl (C=O) groups is 1. The molecule has 0 bridgehead atoms. The SMILES string of the molecule is CC(C)(Cc1nnc(N)[nH]c1=O)C(N)=O. The van der Waals surface area contributed by atoms with Crippen LogP contribution in [-0.4, -0.2) is 21.1 Å². The third kappa shape index (κ3) is 2.52. The number of primary amides is 1. The number of amides is 1. The summed E-state index contributed by atoms with van der Waals surface area (Å²) in [5.41, 5.74) is 9.27. The topological polar surface area (TPSA) is 128 Å². The molecule has 1 amide bonds. The maximum absolute atomic E-state index is 11.4. The van der Waals surface area contributed by atoms with E-state index in [2.05, 4.69) is 15.2 Å². The summed E-state index contributed by atoms with van der Waals surface area (Å²) in [6.45, 7) is 3.26. The van der Waals surface area contributed by atoms with E-state index in [-0.39, 0.29) is 18.1 Å². The molecule has 1 aromatic rings. The van der Waals surface area contributed by atoms with Crippen LogP contribution >= 0.6 is 0 Å². The number of hydrogen-bond acceptors (Lipinski definition) is 5. The smallest absolute Gasteiger partial charge is 0.274 e. The van der Waals surface area contributed by atoms with E-state index in [4.69, 9.17) is 11.5 Å². The molecule has 5 N–H and O–H groups in total. The largest absolute Gasteiger partial charge is 0.369 e. The van der Waals surface area contributed by atoms with E-state index in [9.17, 15) is 9.59 Å². The third-order valence-electron chi connectivity index (χ3n) is 2.06. The van der Waals surface area contributed by atoms with Gasteiger partial charge in [-0.1, -0.05) is 13.8 Å². The zero-order valence-corrected chi connectivity index (χ0v) is 8.57. The van der Waals surface area contributed by atoms with E-state index in [1.165, 1.54) is 0 Å². The van der Waals surface area contributed by atoms with E-state index in [1.807, 2.05) is 0 Å². The molecule has 0 aliphatic rings. The second-order valence-corrected chi connectivity index (χ2v) is 3.91. The highest BCUT2D eigenvalue weighted by molar-refractivity contribution is 5.80. The van der Waals surface area contributed by atoms with Crippen LogP contribution in [-0.2, 0) is 11.2 Å². The number of anilines is 1. The molecule has 0 fully saturated rings. The normalized spacial score (nSPS) is 11.3. The summed E-state index contributed by atoms with van der Waals surface area (Å²) in [7, 11) is 0. The average Bonchev–Trinajstić information content (AvgIpc) is 2.09. The van der Waals surface area contributed by atoms with Crippen molar-refractivity contribution in [1.29, 1.82) is 0 Å². The highest BCUT2D eigenvalue weighted by Gasteiger charge is 2.27. The van der Waals surface area contributed by atoms with Gasteiger partial charge in [0.15, 0.2) is 0 Å². The Bertz CT molecular complexity index is 437. The first-order valence-corrected chi connectivity index (χ1v) is 4.34. The lowest BCUT2D eigenvalue weighted by Crippen LogP contribution is -2.36. The van der Waals surface area contributed by atoms with Crippen molar-refractivity contribution in [2.24, 2.45) is 11.1 Å². The summed E-state index contributed by atoms with van der Waals surface area (Å²) >= 11 is 0. The molecule has 0 aliphatic carbocycles. The number of aromatic amines is 1. The summed E-state index contributed by atoms with van der Waals surface area (Å²) in [5.74, 6) is -0.554. The summed E-state index contributed by atoms with van der Waals surface area (Å²) < 4.78 is 0. The monoisotopic (exact) mass is 211 g/mol. The van der Waals surface area contributed by atoms with Crippen molar-refractivity contribution in [2.45, 2.75) is 20.3 Å². The Balaban J connectivity index is 3.00. The van der Waals surface area contributed by atoms with Gasteiger partial charge in [0.25, 0.3) is 5.56 Å². The molecule has 0 spiro atoms. The van der Waals surface area contributed by atoms with Gasteiger partial charge in [-0.2, -0.15) is 0 Å². The van der Waals surface area contributed by atoms with Crippen LogP contribution in [0.1, 0.15) is 19.5 Å². The minimum Gasteiger partial charge on any atom is -0.369 e. The fraction of sp³-hybridized carbons (Fsp3) is 0.500. The molecular weight excluding hydrogens is 198 g/mol. The summed E-state index contributed by atoms with van der Waals surface area (Å²) in [6, 6.07) is 0. The molecule has 0 aliphatic heterocycles. The Labute approximate surface area is 85.9 Å². The standard InChI is InChI=1S/C8H13N5O2/c1-8(2,6(9)15)3-4-5(14)11-7(10)13-12-4/h3H2,1-2H3,(H2,9,15)(H3,10,11,13,14). The van der Waals surface area contributed by atoms with Gasteiger partial charge in [0, 0.05) is 11.8 Å². The lowest BCUT2D eigenvalue weighted by atomic mass is 9.87. The Morgan fingerprint density at radius 3 is 2.53 bits per heavy atom. The molecule has 82 valence electrons. The minimum atomic E-state index is -0.836. The van der Waals surface area contributed by atoms with Crippen molar-refractivity contribution in [1.82, 2.24) is 15.2 Å². The fourth-order valence-electron chi connectivity index (χ4n) is 0.994. The van der Waals surface area contributed by atoms with Gasteiger partial charge in [0.1, 0.15) is 5.69 Å². The Kier molecular flexibility index (Phi) is 2.74. The van der Waals surface area contributed by atoms with Crippen LogP contribution in [0, 0.1) is 5.41 Å². The average molecular weight is 211 g/mol. The lowest BCUT2D eigenvalue weighted by molar-refractivity contribution is -0.125. The first-order chi connectivity index (χ1) is 6.83. The van der Waals surface area contributed by atoms with Gasteiger partial charge in [0.05, 0.1) is 0 Å². The van der Waals surface area contributed by atoms with Gasteiger partial charge in [-0.25, -0.2) is 0 Å². The molecule has 1 rings (SSSR count). The molecule has 0 aromatic carbocycles. The van der Waals surface area contributed by atoms with Crippen molar-refractivity contribution in [3.05, 3.63) is 16.0 Å². The molecule has 15 heavy (non-hydrogen) atoms. The Morgan fingerprint density at radius 2 is 2.07 bits per heavy atom. The molecule has 0 radical (unpaired) electrons. The van der Waals surface area contributed by atoms with Gasteiger partial charge in [-0.05, 0) is 0 Å². The zero-order chi connectivity index (χ0) is 11.6. The van der Waals surface area contributed by atoms with Gasteiger partial charge >= 0.3 is 0 Å². The van der Waals surface area contributed by atoms with Crippen molar-refractivity contribution < 1.29 is 4.79 Å². The fourth-order valence-corrected chi connectivity index (χ4v) is 0.994. The molecule has 0 atom stereocenters. The van der Waals surface area contributed by atoms with Crippen LogP contribution < -0.4 is 17.0 Å². The molecule has 0 saturated carbocycles. The maximum Gasteiger partial charge on any atom is 0.274 e. The zero-order valence-electron chi connectivity index (χ0n) is 8.57. The number of nitrogen functional groups attached to an aromatic ring is 1. The van der Waals surface area contributed by atoms with Crippen molar-refractivity contribution in [2.75, 3.05) is 5.73 Å². The number of hydrogen-bond donors (Lipinski definition) is 3. The molecule has 7 heteroatoms. The van der Waals surface area contributed by atoms with E-state index in [0.29, 0.717) is 0 Å². The van der Waals surface area contributed by atoms with E-state index in [0.717, 1.165) is 0 Å². The molecule has 0 saturated heterocycles. The van der Waals surface area contributed by atoms with Crippen LogP contribution in [0.5, 0.6) is 0 Å². The number of carbonyl (C=O) groups excluding carboxylic acids is 1. The number of H-pyrrole nitrogens is 1. The van der Waals surface area contributed by atoms with Crippen LogP contribution in [0.4, 0.5) is 5.95 Å². The predicted molar refractivity (Wildman–Crippen MR) is 53.7 cm³/mol. The number of aromatic nitrogens is 3. The Hall–Kier alpha value is -1.92. The van der Waals surface area contributed by atoms with Crippen LogP contribution in [0.3, 0.4) is 0 Å². The van der Waals surface area contributed by atoms with Crippen molar-refractivity contribution in [3.63, 3.8) is 0 Å². The number of nitrogens with one attached hydrogen (secondary N) is 1. The minimum absolute atomic E-state index is 0.0550. The number of rotatable bonds is 3. The quantitative estimate of drug-likeness (QED) is 0.578. The van der Waals surface area contributed by atoms with Crippen LogP contribution in [0.25, 0.3) is 0 Å². The first-order valence-electron chi connectivity index (χ1n) is 4.34. The second-order valence-electron chi connectivity index (χ2n) is 3.91. The lowest BCUT2D eigenvalue weighted by Gasteiger charge is -2.18. The van der Waals surface area contributed by atoms with Crippen LogP contribution in [0.15, 0.2) is 4.79 Å². The molecular formula is C8H13N5O2. The first kappa shape index (κ1) is 11.2. The Morgan fingerprint density at radius 1 is 1.47 bits per heavy atom. The number of nitrogens with zero attached hydrogens (tertiary/aromatic N) is 2. The highest BCUT2D eigenvalue weighted by Crippen LogP contribution is 2.17. The van der Waals surface area contributed by atoms with E-state index >= 15 is 0 Å². The second kappa shape index (κ2) is 3.68. The van der Waals surface area contributed by atoms with Gasteiger partial charge in [0.2, 0.25) is 11.9 Å². The van der Waals surface area contributed by atoms with E-state index < -0.39 is 16.9 Å². The molecule has 1 aromatic heterocycles. The maximum atomic E-state index is 11.4. The van der Waals surface area contributed by atoms with Crippen molar-refractivity contribution >= 4 is 11.9 Å². The molecule has 1 heterocycles. The summed E-state index contributed by atoms with van der Waals surface area (Å²) in [6.07, 6.45) is 0.130. The third-order valence-corrected chi connectivity index (χ3v) is 2.06. The molecule has 7 nitrogen and oxygen atoms in total. The van der Waals surface area contributed by atoms with Gasteiger partial charge in [-0.15, -0.1) is 10.2 Å². The van der Waals surface area contributed by atoms with Crippen molar-refractivity contribution in [3.8, 4) is 0 Å². The van der Waals surface area contributed by atoms with Crippen LogP contribution in [0.2, 0.25) is 0 Å². The van der Waals surface area contributed by atoms with Gasteiger partial charge in [-0.3, -0.25) is 14.6 Å². The summed E-state index contributed by atoms with van der Waals surface area (Å²) in [5, 5.41) is 7.12. The van der Waals surface area contributed by atoms with Gasteiger partial charge < -0.3 is 11.5 Å². The summed E-state index contributed by atoms with van der Waals surface area (Å²) in [4.78, 5) is 24.7. The molecule has 0 unspecified atom stereocenters. The number of nitrogens with two attached hydrogens (primary N) is 2.